The molecular formula is C12H22N2O2S. The largest absolute Gasteiger partial charge is 0.382 e. The number of ether oxygens (including phenoxy) is 2. The van der Waals surface area contributed by atoms with Gasteiger partial charge < -0.3 is 14.8 Å². The molecule has 5 heteroatoms. The van der Waals surface area contributed by atoms with E-state index in [-0.39, 0.29) is 11.1 Å². The second-order valence-corrected chi connectivity index (χ2v) is 6.45. The molecule has 2 rings (SSSR count). The van der Waals surface area contributed by atoms with E-state index < -0.39 is 0 Å². The second-order valence-electron chi connectivity index (χ2n) is 5.48. The van der Waals surface area contributed by atoms with Crippen molar-refractivity contribution in [1.29, 1.82) is 0 Å². The normalized spacial score (nSPS) is 23.8. The van der Waals surface area contributed by atoms with Crippen molar-refractivity contribution in [1.82, 2.24) is 5.32 Å². The molecular weight excluding hydrogens is 236 g/mol. The summed E-state index contributed by atoms with van der Waals surface area (Å²) in [5, 5.41) is 4.54. The fourth-order valence-corrected chi connectivity index (χ4v) is 3.61. The first kappa shape index (κ1) is 13.2. The van der Waals surface area contributed by atoms with Crippen molar-refractivity contribution in [2.75, 3.05) is 32.7 Å². The molecule has 1 spiro atoms. The Bertz CT molecular complexity index is 299. The number of hydrogen-bond donors (Lipinski definition) is 1. The van der Waals surface area contributed by atoms with Crippen LogP contribution in [0.1, 0.15) is 26.7 Å². The third-order valence-electron chi connectivity index (χ3n) is 3.19. The van der Waals surface area contributed by atoms with E-state index in [1.165, 1.54) is 0 Å². The predicted octanol–water partition coefficient (Wildman–Crippen LogP) is 1.65. The molecule has 0 amide bonds. The van der Waals surface area contributed by atoms with E-state index in [4.69, 9.17) is 14.5 Å². The minimum atomic E-state index is -0.0583. The highest BCUT2D eigenvalue weighted by Crippen LogP contribution is 2.35. The maximum atomic E-state index is 5.41. The summed E-state index contributed by atoms with van der Waals surface area (Å²) >= 11 is 1.83. The highest BCUT2D eigenvalue weighted by atomic mass is 32.2. The van der Waals surface area contributed by atoms with E-state index in [2.05, 4.69) is 19.2 Å². The van der Waals surface area contributed by atoms with E-state index in [0.29, 0.717) is 6.61 Å². The molecule has 1 N–H and O–H groups in total. The van der Waals surface area contributed by atoms with Gasteiger partial charge in [-0.15, -0.1) is 0 Å². The Morgan fingerprint density at radius 1 is 1.47 bits per heavy atom. The van der Waals surface area contributed by atoms with Gasteiger partial charge in [0.25, 0.3) is 0 Å². The van der Waals surface area contributed by atoms with Gasteiger partial charge in [0.05, 0.1) is 17.7 Å². The maximum Gasteiger partial charge on any atom is 0.157 e. The number of nitrogens with one attached hydrogen (secondary N) is 1. The minimum absolute atomic E-state index is 0.0583. The highest BCUT2D eigenvalue weighted by molar-refractivity contribution is 8.14. The molecule has 0 aromatic rings. The van der Waals surface area contributed by atoms with E-state index in [0.717, 1.165) is 37.0 Å². The number of amidine groups is 1. The molecule has 0 aromatic heterocycles. The Balaban J connectivity index is 1.96. The van der Waals surface area contributed by atoms with Gasteiger partial charge in [0.2, 0.25) is 0 Å². The van der Waals surface area contributed by atoms with Crippen LogP contribution >= 0.6 is 11.8 Å². The van der Waals surface area contributed by atoms with Gasteiger partial charge in [-0.3, -0.25) is 4.99 Å². The average Bonchev–Trinajstić information content (AvgIpc) is 2.61. The van der Waals surface area contributed by atoms with Crippen LogP contribution in [-0.4, -0.2) is 48.9 Å². The van der Waals surface area contributed by atoms with Crippen molar-refractivity contribution in [2.45, 2.75) is 37.8 Å². The monoisotopic (exact) mass is 258 g/mol. The molecule has 2 aliphatic rings. The molecule has 0 atom stereocenters. The van der Waals surface area contributed by atoms with Crippen molar-refractivity contribution in [3.63, 3.8) is 0 Å². The van der Waals surface area contributed by atoms with Crippen LogP contribution in [0.2, 0.25) is 0 Å². The van der Waals surface area contributed by atoms with Gasteiger partial charge in [-0.25, -0.2) is 0 Å². The van der Waals surface area contributed by atoms with Gasteiger partial charge in [0, 0.05) is 26.1 Å². The van der Waals surface area contributed by atoms with Crippen LogP contribution < -0.4 is 5.32 Å². The lowest BCUT2D eigenvalue weighted by molar-refractivity contribution is 0.0623. The van der Waals surface area contributed by atoms with Gasteiger partial charge in [0.15, 0.2) is 5.17 Å². The molecule has 0 radical (unpaired) electrons. The fraction of sp³-hybridized carbons (Fsp3) is 0.917. The van der Waals surface area contributed by atoms with E-state index in [9.17, 15) is 0 Å². The fourth-order valence-electron chi connectivity index (χ4n) is 2.24. The molecule has 17 heavy (non-hydrogen) atoms. The highest BCUT2D eigenvalue weighted by Gasteiger charge is 2.38. The Labute approximate surface area is 108 Å². The SMILES string of the molecule is COCC(C)(C)NC1=NC2(CCOCC2)CS1. The Morgan fingerprint density at radius 3 is 2.82 bits per heavy atom. The lowest BCUT2D eigenvalue weighted by Crippen LogP contribution is -2.45. The van der Waals surface area contributed by atoms with Crippen LogP contribution in [0.15, 0.2) is 4.99 Å². The smallest absolute Gasteiger partial charge is 0.157 e. The van der Waals surface area contributed by atoms with Crippen molar-refractivity contribution >= 4 is 16.9 Å². The third kappa shape index (κ3) is 3.36. The number of nitrogens with zero attached hydrogens (tertiary/aromatic N) is 1. The zero-order chi connectivity index (χ0) is 12.4. The summed E-state index contributed by atoms with van der Waals surface area (Å²) in [7, 11) is 1.73. The first-order valence-electron chi connectivity index (χ1n) is 6.13. The van der Waals surface area contributed by atoms with Crippen molar-refractivity contribution < 1.29 is 9.47 Å². The van der Waals surface area contributed by atoms with E-state index in [1.54, 1.807) is 7.11 Å². The summed E-state index contributed by atoms with van der Waals surface area (Å²) in [5.74, 6) is 1.09. The Morgan fingerprint density at radius 2 is 2.18 bits per heavy atom. The number of thioether (sulfide) groups is 1. The van der Waals surface area contributed by atoms with Crippen LogP contribution in [0.5, 0.6) is 0 Å². The zero-order valence-corrected chi connectivity index (χ0v) is 11.7. The van der Waals surface area contributed by atoms with Gasteiger partial charge in [-0.05, 0) is 26.7 Å². The molecule has 0 aromatic carbocycles. The van der Waals surface area contributed by atoms with Crippen molar-refractivity contribution in [3.8, 4) is 0 Å². The Hall–Kier alpha value is -0.260. The van der Waals surface area contributed by atoms with E-state index in [1.807, 2.05) is 11.8 Å². The molecule has 98 valence electrons. The topological polar surface area (TPSA) is 42.8 Å². The van der Waals surface area contributed by atoms with Crippen molar-refractivity contribution in [2.24, 2.45) is 4.99 Å². The van der Waals surface area contributed by atoms with Gasteiger partial charge >= 0.3 is 0 Å². The molecule has 0 bridgehead atoms. The van der Waals surface area contributed by atoms with Crippen LogP contribution in [0.3, 0.4) is 0 Å². The summed E-state index contributed by atoms with van der Waals surface area (Å²) in [4.78, 5) is 4.88. The molecule has 0 unspecified atom stereocenters. The number of rotatable bonds is 3. The van der Waals surface area contributed by atoms with Crippen LogP contribution in [0.25, 0.3) is 0 Å². The summed E-state index contributed by atoms with van der Waals surface area (Å²) in [6.07, 6.45) is 2.10. The lowest BCUT2D eigenvalue weighted by atomic mass is 9.93. The number of aliphatic imine (C=N–C) groups is 1. The summed E-state index contributed by atoms with van der Waals surface area (Å²) in [5.41, 5.74) is 0.0751. The first-order chi connectivity index (χ1) is 8.05. The number of methoxy groups -OCH3 is 1. The maximum absolute atomic E-state index is 5.41. The van der Waals surface area contributed by atoms with E-state index >= 15 is 0 Å². The van der Waals surface area contributed by atoms with Gasteiger partial charge in [0.1, 0.15) is 0 Å². The molecule has 2 heterocycles. The zero-order valence-electron chi connectivity index (χ0n) is 10.9. The quantitative estimate of drug-likeness (QED) is 0.836. The Kier molecular flexibility index (Phi) is 4.00. The molecule has 1 fully saturated rings. The number of hydrogen-bond acceptors (Lipinski definition) is 5. The van der Waals surface area contributed by atoms with Gasteiger partial charge in [-0.1, -0.05) is 11.8 Å². The van der Waals surface area contributed by atoms with Gasteiger partial charge in [-0.2, -0.15) is 0 Å². The molecule has 0 aliphatic carbocycles. The minimum Gasteiger partial charge on any atom is -0.382 e. The molecule has 2 aliphatic heterocycles. The standard InChI is InChI=1S/C12H22N2O2S/c1-11(2,8-15-3)13-10-14-12(9-17-10)4-6-16-7-5-12/h4-9H2,1-3H3,(H,13,14). The summed E-state index contributed by atoms with van der Waals surface area (Å²) < 4.78 is 10.6. The predicted molar refractivity (Wildman–Crippen MR) is 71.8 cm³/mol. The molecule has 0 saturated carbocycles. The van der Waals surface area contributed by atoms with Crippen LogP contribution in [-0.2, 0) is 9.47 Å². The van der Waals surface area contributed by atoms with Crippen LogP contribution in [0.4, 0.5) is 0 Å². The average molecular weight is 258 g/mol. The second kappa shape index (κ2) is 5.16. The first-order valence-corrected chi connectivity index (χ1v) is 7.11. The summed E-state index contributed by atoms with van der Waals surface area (Å²) in [6, 6.07) is 0. The van der Waals surface area contributed by atoms with Crippen LogP contribution in [0, 0.1) is 0 Å². The van der Waals surface area contributed by atoms with Crippen molar-refractivity contribution in [3.05, 3.63) is 0 Å². The third-order valence-corrected chi connectivity index (χ3v) is 4.34. The summed E-state index contributed by atoms with van der Waals surface area (Å²) in [6.45, 7) is 6.64. The molecule has 4 nitrogen and oxygen atoms in total. The lowest BCUT2D eigenvalue weighted by Gasteiger charge is -2.29. The molecule has 1 saturated heterocycles.